The standard InChI is InChI=1S/C26H32N4O3/c1-5-32-23-13-12-21(18-24(23)33-6-2)26(31)29-16-14-28(15-17-29)25-19(3)27-30(20(25)4)22-10-8-7-9-11-22/h7-13,18H,5-6,14-17H2,1-4H3. The fraction of sp³-hybridized carbons (Fsp3) is 0.385. The number of para-hydroxylation sites is 1. The number of nitrogens with zero attached hydrogens (tertiary/aromatic N) is 4. The third kappa shape index (κ3) is 4.67. The molecule has 7 heteroatoms. The summed E-state index contributed by atoms with van der Waals surface area (Å²) in [5, 5.41) is 4.78. The van der Waals surface area contributed by atoms with E-state index in [-0.39, 0.29) is 5.91 Å². The van der Waals surface area contributed by atoms with Crippen LogP contribution < -0.4 is 14.4 Å². The molecule has 2 heterocycles. The first kappa shape index (κ1) is 22.7. The summed E-state index contributed by atoms with van der Waals surface area (Å²) in [6.07, 6.45) is 0. The van der Waals surface area contributed by atoms with Crippen molar-refractivity contribution in [3.8, 4) is 17.2 Å². The second-order valence-electron chi connectivity index (χ2n) is 8.07. The molecular weight excluding hydrogens is 416 g/mol. The third-order valence-electron chi connectivity index (χ3n) is 5.93. The first-order chi connectivity index (χ1) is 16.0. The predicted molar refractivity (Wildman–Crippen MR) is 130 cm³/mol. The molecule has 2 aromatic carbocycles. The number of benzene rings is 2. The van der Waals surface area contributed by atoms with Crippen LogP contribution in [0.25, 0.3) is 5.69 Å². The lowest BCUT2D eigenvalue weighted by atomic mass is 10.1. The zero-order valence-electron chi connectivity index (χ0n) is 19.9. The lowest BCUT2D eigenvalue weighted by molar-refractivity contribution is 0.0746. The molecule has 1 saturated heterocycles. The number of piperazine rings is 1. The summed E-state index contributed by atoms with van der Waals surface area (Å²) < 4.78 is 13.3. The summed E-state index contributed by atoms with van der Waals surface area (Å²) in [5.41, 5.74) is 4.96. The minimum atomic E-state index is 0.0204. The van der Waals surface area contributed by atoms with Crippen molar-refractivity contribution in [3.63, 3.8) is 0 Å². The van der Waals surface area contributed by atoms with Gasteiger partial charge in [0.25, 0.3) is 5.91 Å². The van der Waals surface area contributed by atoms with Gasteiger partial charge in [0.15, 0.2) is 11.5 Å². The average Bonchev–Trinajstić information content (AvgIpc) is 3.14. The Morgan fingerprint density at radius 3 is 2.24 bits per heavy atom. The van der Waals surface area contributed by atoms with E-state index < -0.39 is 0 Å². The number of carbonyl (C=O) groups excluding carboxylic acids is 1. The quantitative estimate of drug-likeness (QED) is 0.541. The maximum absolute atomic E-state index is 13.2. The van der Waals surface area contributed by atoms with Gasteiger partial charge < -0.3 is 19.3 Å². The minimum Gasteiger partial charge on any atom is -0.490 e. The molecule has 1 fully saturated rings. The zero-order valence-corrected chi connectivity index (χ0v) is 19.9. The van der Waals surface area contributed by atoms with Crippen LogP contribution in [0.1, 0.15) is 35.6 Å². The Morgan fingerprint density at radius 1 is 0.909 bits per heavy atom. The van der Waals surface area contributed by atoms with Crippen LogP contribution in [0.4, 0.5) is 5.69 Å². The number of hydrogen-bond donors (Lipinski definition) is 0. The van der Waals surface area contributed by atoms with Crippen molar-refractivity contribution in [2.75, 3.05) is 44.3 Å². The van der Waals surface area contributed by atoms with Crippen molar-refractivity contribution >= 4 is 11.6 Å². The van der Waals surface area contributed by atoms with Gasteiger partial charge in [0, 0.05) is 31.7 Å². The molecule has 0 N–H and O–H groups in total. The lowest BCUT2D eigenvalue weighted by Gasteiger charge is -2.36. The normalized spacial score (nSPS) is 13.8. The third-order valence-corrected chi connectivity index (χ3v) is 5.93. The number of carbonyl (C=O) groups is 1. The fourth-order valence-electron chi connectivity index (χ4n) is 4.41. The number of amides is 1. The number of aromatic nitrogens is 2. The van der Waals surface area contributed by atoms with E-state index in [2.05, 4.69) is 30.9 Å². The van der Waals surface area contributed by atoms with Gasteiger partial charge in [0.2, 0.25) is 0 Å². The molecular formula is C26H32N4O3. The number of hydrogen-bond acceptors (Lipinski definition) is 5. The van der Waals surface area contributed by atoms with Crippen LogP contribution in [0.3, 0.4) is 0 Å². The zero-order chi connectivity index (χ0) is 23.4. The maximum Gasteiger partial charge on any atom is 0.254 e. The van der Waals surface area contributed by atoms with Crippen molar-refractivity contribution in [1.82, 2.24) is 14.7 Å². The summed E-state index contributed by atoms with van der Waals surface area (Å²) in [4.78, 5) is 17.4. The molecule has 0 saturated carbocycles. The van der Waals surface area contributed by atoms with Crippen LogP contribution in [-0.2, 0) is 0 Å². The number of aryl methyl sites for hydroxylation is 1. The van der Waals surface area contributed by atoms with Gasteiger partial charge in [-0.05, 0) is 58.0 Å². The highest BCUT2D eigenvalue weighted by atomic mass is 16.5. The predicted octanol–water partition coefficient (Wildman–Crippen LogP) is 4.25. The van der Waals surface area contributed by atoms with E-state index in [9.17, 15) is 4.79 Å². The molecule has 1 aliphatic rings. The van der Waals surface area contributed by atoms with Crippen LogP contribution >= 0.6 is 0 Å². The van der Waals surface area contributed by atoms with Crippen LogP contribution in [0, 0.1) is 13.8 Å². The molecule has 0 bridgehead atoms. The number of rotatable bonds is 7. The first-order valence-electron chi connectivity index (χ1n) is 11.6. The fourth-order valence-corrected chi connectivity index (χ4v) is 4.41. The van der Waals surface area contributed by atoms with Gasteiger partial charge in [-0.25, -0.2) is 4.68 Å². The highest BCUT2D eigenvalue weighted by molar-refractivity contribution is 5.95. The molecule has 7 nitrogen and oxygen atoms in total. The largest absolute Gasteiger partial charge is 0.490 e. The highest BCUT2D eigenvalue weighted by Crippen LogP contribution is 2.30. The number of ether oxygens (including phenoxy) is 2. The molecule has 3 aromatic rings. The van der Waals surface area contributed by atoms with Crippen molar-refractivity contribution in [1.29, 1.82) is 0 Å². The van der Waals surface area contributed by atoms with E-state index in [0.717, 1.165) is 35.9 Å². The second kappa shape index (κ2) is 9.98. The lowest BCUT2D eigenvalue weighted by Crippen LogP contribution is -2.49. The molecule has 0 unspecified atom stereocenters. The van der Waals surface area contributed by atoms with Crippen LogP contribution in [0.5, 0.6) is 11.5 Å². The van der Waals surface area contributed by atoms with E-state index in [1.165, 1.54) is 0 Å². The van der Waals surface area contributed by atoms with Gasteiger partial charge in [-0.2, -0.15) is 5.10 Å². The summed E-state index contributed by atoms with van der Waals surface area (Å²) in [6.45, 7) is 11.9. The van der Waals surface area contributed by atoms with Crippen molar-refractivity contribution in [2.45, 2.75) is 27.7 Å². The van der Waals surface area contributed by atoms with Crippen molar-refractivity contribution < 1.29 is 14.3 Å². The molecule has 1 aliphatic heterocycles. The van der Waals surface area contributed by atoms with Crippen LogP contribution in [-0.4, -0.2) is 60.0 Å². The Morgan fingerprint density at radius 2 is 1.58 bits per heavy atom. The Hall–Kier alpha value is -3.48. The molecule has 0 atom stereocenters. The second-order valence-corrected chi connectivity index (χ2v) is 8.07. The maximum atomic E-state index is 13.2. The molecule has 0 spiro atoms. The van der Waals surface area contributed by atoms with Crippen LogP contribution in [0.2, 0.25) is 0 Å². The highest BCUT2D eigenvalue weighted by Gasteiger charge is 2.26. The monoisotopic (exact) mass is 448 g/mol. The van der Waals surface area contributed by atoms with Gasteiger partial charge >= 0.3 is 0 Å². The Kier molecular flexibility index (Phi) is 6.87. The smallest absolute Gasteiger partial charge is 0.254 e. The van der Waals surface area contributed by atoms with Gasteiger partial charge in [-0.3, -0.25) is 4.79 Å². The molecule has 1 aromatic heterocycles. The van der Waals surface area contributed by atoms with Gasteiger partial charge in [0.1, 0.15) is 0 Å². The Bertz CT molecular complexity index is 1100. The first-order valence-corrected chi connectivity index (χ1v) is 11.6. The number of anilines is 1. The van der Waals surface area contributed by atoms with E-state index in [4.69, 9.17) is 14.6 Å². The Balaban J connectivity index is 1.47. The summed E-state index contributed by atoms with van der Waals surface area (Å²) in [6, 6.07) is 15.6. The van der Waals surface area contributed by atoms with E-state index >= 15 is 0 Å². The molecule has 0 radical (unpaired) electrons. The van der Waals surface area contributed by atoms with E-state index in [1.54, 1.807) is 6.07 Å². The topological polar surface area (TPSA) is 59.8 Å². The Labute approximate surface area is 195 Å². The molecule has 174 valence electrons. The van der Waals surface area contributed by atoms with E-state index in [0.29, 0.717) is 43.4 Å². The van der Waals surface area contributed by atoms with Crippen molar-refractivity contribution in [2.24, 2.45) is 0 Å². The minimum absolute atomic E-state index is 0.0204. The summed E-state index contributed by atoms with van der Waals surface area (Å²) in [7, 11) is 0. The molecule has 33 heavy (non-hydrogen) atoms. The van der Waals surface area contributed by atoms with Crippen LogP contribution in [0.15, 0.2) is 48.5 Å². The van der Waals surface area contributed by atoms with Crippen molar-refractivity contribution in [3.05, 3.63) is 65.5 Å². The van der Waals surface area contributed by atoms with E-state index in [1.807, 2.05) is 53.8 Å². The molecule has 0 aliphatic carbocycles. The van der Waals surface area contributed by atoms with Gasteiger partial charge in [-0.15, -0.1) is 0 Å². The molecule has 4 rings (SSSR count). The SMILES string of the molecule is CCOc1ccc(C(=O)N2CCN(c3c(C)nn(-c4ccccc4)c3C)CC2)cc1OCC. The van der Waals surface area contributed by atoms with Gasteiger partial charge in [0.05, 0.1) is 36.0 Å². The van der Waals surface area contributed by atoms with Gasteiger partial charge in [-0.1, -0.05) is 18.2 Å². The summed E-state index contributed by atoms with van der Waals surface area (Å²) >= 11 is 0. The summed E-state index contributed by atoms with van der Waals surface area (Å²) in [5.74, 6) is 1.30. The molecule has 1 amide bonds. The average molecular weight is 449 g/mol.